The molecule has 1 aliphatic carbocycles. The van der Waals surface area contributed by atoms with Crippen LogP contribution in [0.25, 0.3) is 0 Å². The fraction of sp³-hybridized carbons (Fsp3) is 0.692. The summed E-state index contributed by atoms with van der Waals surface area (Å²) in [7, 11) is 0. The highest BCUT2D eigenvalue weighted by atomic mass is 16.2. The molecule has 2 atom stereocenters. The lowest BCUT2D eigenvalue weighted by molar-refractivity contribution is -0.132. The Bertz CT molecular complexity index is 325. The number of hydrogen-bond donors (Lipinski definition) is 2. The number of nitrogens with zero attached hydrogens (tertiary/aromatic N) is 1. The van der Waals surface area contributed by atoms with Gasteiger partial charge in [0.05, 0.1) is 12.1 Å². The fourth-order valence-electron chi connectivity index (χ4n) is 2.29. The molecule has 1 rings (SSSR count). The van der Waals surface area contributed by atoms with E-state index in [-0.39, 0.29) is 18.4 Å². The van der Waals surface area contributed by atoms with Crippen LogP contribution in [0.15, 0.2) is 12.2 Å². The quantitative estimate of drug-likeness (QED) is 0.541. The third-order valence-corrected chi connectivity index (χ3v) is 3.23. The van der Waals surface area contributed by atoms with E-state index < -0.39 is 5.54 Å². The highest BCUT2D eigenvalue weighted by Gasteiger charge is 2.56. The largest absolute Gasteiger partial charge is 0.330 e. The molecule has 96 valence electrons. The first-order chi connectivity index (χ1) is 8.01. The first-order valence-electron chi connectivity index (χ1n) is 6.16. The third kappa shape index (κ3) is 2.75. The van der Waals surface area contributed by atoms with E-state index in [1.807, 2.05) is 13.0 Å². The van der Waals surface area contributed by atoms with Crippen LogP contribution in [-0.4, -0.2) is 35.7 Å². The lowest BCUT2D eigenvalue weighted by Gasteiger charge is -2.31. The van der Waals surface area contributed by atoms with Crippen LogP contribution in [0.3, 0.4) is 0 Å². The van der Waals surface area contributed by atoms with Crippen molar-refractivity contribution in [1.29, 1.82) is 5.41 Å². The van der Waals surface area contributed by atoms with Crippen molar-refractivity contribution in [3.05, 3.63) is 12.2 Å². The molecule has 1 amide bonds. The second-order valence-corrected chi connectivity index (χ2v) is 5.07. The lowest BCUT2D eigenvalue weighted by Crippen LogP contribution is -2.48. The zero-order valence-electron chi connectivity index (χ0n) is 10.9. The third-order valence-electron chi connectivity index (χ3n) is 3.23. The van der Waals surface area contributed by atoms with E-state index in [9.17, 15) is 4.79 Å². The average molecular weight is 237 g/mol. The van der Waals surface area contributed by atoms with Crippen molar-refractivity contribution in [1.82, 2.24) is 4.90 Å². The minimum absolute atomic E-state index is 0.0187. The second-order valence-electron chi connectivity index (χ2n) is 5.07. The van der Waals surface area contributed by atoms with E-state index in [0.29, 0.717) is 12.5 Å². The van der Waals surface area contributed by atoms with Gasteiger partial charge in [-0.15, -0.1) is 0 Å². The van der Waals surface area contributed by atoms with Gasteiger partial charge in [-0.1, -0.05) is 26.0 Å². The fourth-order valence-corrected chi connectivity index (χ4v) is 2.29. The van der Waals surface area contributed by atoms with Crippen LogP contribution in [0.5, 0.6) is 0 Å². The predicted octanol–water partition coefficient (Wildman–Crippen LogP) is 1.41. The van der Waals surface area contributed by atoms with E-state index >= 15 is 0 Å². The van der Waals surface area contributed by atoms with Gasteiger partial charge in [0, 0.05) is 18.7 Å². The van der Waals surface area contributed by atoms with Crippen LogP contribution >= 0.6 is 0 Å². The molecule has 0 heterocycles. The van der Waals surface area contributed by atoms with Crippen molar-refractivity contribution in [3.63, 3.8) is 0 Å². The van der Waals surface area contributed by atoms with Gasteiger partial charge in [0.2, 0.25) is 5.91 Å². The van der Waals surface area contributed by atoms with Gasteiger partial charge in [-0.05, 0) is 19.3 Å². The Balaban J connectivity index is 2.89. The Morgan fingerprint density at radius 3 is 2.71 bits per heavy atom. The monoisotopic (exact) mass is 237 g/mol. The van der Waals surface area contributed by atoms with Crippen LogP contribution in [0.2, 0.25) is 0 Å². The number of hydrogen-bond acceptors (Lipinski definition) is 3. The summed E-state index contributed by atoms with van der Waals surface area (Å²) in [5, 5.41) is 7.63. The Labute approximate surface area is 103 Å². The van der Waals surface area contributed by atoms with Crippen LogP contribution in [-0.2, 0) is 4.79 Å². The summed E-state index contributed by atoms with van der Waals surface area (Å²) in [6.07, 6.45) is 6.31. The Hall–Kier alpha value is -1.16. The SMILES string of the molecule is C/C=C/C1CC1(C=N)N(CC(C)C)C(=O)CN. The number of amides is 1. The molecule has 2 unspecified atom stereocenters. The highest BCUT2D eigenvalue weighted by molar-refractivity contribution is 5.86. The summed E-state index contributed by atoms with van der Waals surface area (Å²) >= 11 is 0. The smallest absolute Gasteiger partial charge is 0.237 e. The molecule has 0 saturated heterocycles. The molecule has 17 heavy (non-hydrogen) atoms. The van der Waals surface area contributed by atoms with E-state index in [1.54, 1.807) is 4.90 Å². The Kier molecular flexibility index (Phi) is 4.46. The molecule has 0 aromatic heterocycles. The van der Waals surface area contributed by atoms with Crippen LogP contribution in [0, 0.1) is 17.2 Å². The van der Waals surface area contributed by atoms with Gasteiger partial charge >= 0.3 is 0 Å². The van der Waals surface area contributed by atoms with Gasteiger partial charge in [0.1, 0.15) is 0 Å². The van der Waals surface area contributed by atoms with Crippen molar-refractivity contribution < 1.29 is 4.79 Å². The van der Waals surface area contributed by atoms with Crippen LogP contribution in [0.1, 0.15) is 27.2 Å². The summed E-state index contributed by atoms with van der Waals surface area (Å²) in [5.74, 6) is 0.600. The maximum Gasteiger partial charge on any atom is 0.237 e. The van der Waals surface area contributed by atoms with Crippen molar-refractivity contribution in [2.75, 3.05) is 13.1 Å². The minimum Gasteiger partial charge on any atom is -0.330 e. The van der Waals surface area contributed by atoms with Gasteiger partial charge < -0.3 is 16.0 Å². The first-order valence-corrected chi connectivity index (χ1v) is 6.16. The van der Waals surface area contributed by atoms with Crippen molar-refractivity contribution in [2.45, 2.75) is 32.7 Å². The summed E-state index contributed by atoms with van der Waals surface area (Å²) in [6.45, 7) is 6.79. The van der Waals surface area contributed by atoms with Crippen molar-refractivity contribution >= 4 is 12.1 Å². The van der Waals surface area contributed by atoms with Crippen LogP contribution < -0.4 is 5.73 Å². The summed E-state index contributed by atoms with van der Waals surface area (Å²) in [4.78, 5) is 13.7. The van der Waals surface area contributed by atoms with E-state index in [0.717, 1.165) is 6.42 Å². The van der Waals surface area contributed by atoms with Gasteiger partial charge in [0.25, 0.3) is 0 Å². The molecule has 1 fully saturated rings. The van der Waals surface area contributed by atoms with Gasteiger partial charge in [-0.2, -0.15) is 0 Å². The van der Waals surface area contributed by atoms with Crippen molar-refractivity contribution in [3.8, 4) is 0 Å². The zero-order chi connectivity index (χ0) is 13.1. The molecule has 0 bridgehead atoms. The topological polar surface area (TPSA) is 70.2 Å². The van der Waals surface area contributed by atoms with E-state index in [4.69, 9.17) is 11.1 Å². The number of rotatable bonds is 6. The van der Waals surface area contributed by atoms with Gasteiger partial charge in [0.15, 0.2) is 0 Å². The zero-order valence-corrected chi connectivity index (χ0v) is 10.9. The van der Waals surface area contributed by atoms with E-state index in [2.05, 4.69) is 19.9 Å². The Morgan fingerprint density at radius 2 is 2.29 bits per heavy atom. The second kappa shape index (κ2) is 5.45. The first kappa shape index (κ1) is 13.9. The molecule has 1 saturated carbocycles. The molecule has 3 N–H and O–H groups in total. The average Bonchev–Trinajstić information content (AvgIpc) is 3.00. The highest BCUT2D eigenvalue weighted by Crippen LogP contribution is 2.48. The number of allylic oxidation sites excluding steroid dienone is 1. The molecule has 1 aliphatic rings. The lowest BCUT2D eigenvalue weighted by atomic mass is 10.1. The van der Waals surface area contributed by atoms with Gasteiger partial charge in [-0.25, -0.2) is 0 Å². The molecule has 4 nitrogen and oxygen atoms in total. The maximum absolute atomic E-state index is 11.9. The Morgan fingerprint density at radius 1 is 1.65 bits per heavy atom. The number of nitrogens with two attached hydrogens (primary N) is 1. The van der Waals surface area contributed by atoms with Gasteiger partial charge in [-0.3, -0.25) is 4.79 Å². The number of carbonyl (C=O) groups excluding carboxylic acids is 1. The molecule has 0 aromatic rings. The number of carbonyl (C=O) groups is 1. The minimum atomic E-state index is -0.409. The normalized spacial score (nSPS) is 27.5. The molecular formula is C13H23N3O. The van der Waals surface area contributed by atoms with Crippen LogP contribution in [0.4, 0.5) is 0 Å². The summed E-state index contributed by atoms with van der Waals surface area (Å²) in [5.41, 5.74) is 5.05. The predicted molar refractivity (Wildman–Crippen MR) is 70.0 cm³/mol. The molecule has 0 radical (unpaired) electrons. The van der Waals surface area contributed by atoms with Crippen molar-refractivity contribution in [2.24, 2.45) is 17.6 Å². The summed E-state index contributed by atoms with van der Waals surface area (Å²) < 4.78 is 0. The molecule has 0 spiro atoms. The summed E-state index contributed by atoms with van der Waals surface area (Å²) in [6, 6.07) is 0. The maximum atomic E-state index is 11.9. The van der Waals surface area contributed by atoms with E-state index in [1.165, 1.54) is 6.21 Å². The molecule has 4 heteroatoms. The standard InChI is InChI=1S/C13H23N3O/c1-4-5-11-6-13(11,9-15)16(8-10(2)3)12(17)7-14/h4-5,9-11,15H,6-8,14H2,1-3H3/b5-4+,15-9?. The molecule has 0 aromatic carbocycles. The molecular weight excluding hydrogens is 214 g/mol. The number of nitrogens with one attached hydrogen (secondary N) is 1. The molecule has 0 aliphatic heterocycles.